The minimum Gasteiger partial charge on any atom is -0.390 e. The molecule has 31 heavy (non-hydrogen) atoms. The molecular weight excluding hydrogens is 384 g/mol. The molecule has 5 aliphatic rings. The lowest BCUT2D eigenvalue weighted by Crippen LogP contribution is -2.52. The fourth-order valence-electron chi connectivity index (χ4n) is 8.96. The maximum atomic E-state index is 13.1. The Morgan fingerprint density at radius 2 is 1.87 bits per heavy atom. The SMILES string of the molecule is Cc1cnn(CC(=O)C[C@@]2(C)CC[C@H]3[C@@H](CC[C@@H]4C[C@](C)(O)CC[C@@H]43)[C@@H]2[C@@H]2C3C[C@@H]32)c1. The Hall–Kier alpha value is -1.16. The second-order valence-electron chi connectivity index (χ2n) is 12.9. The molecule has 0 amide bonds. The molecule has 1 N–H and O–H groups in total. The summed E-state index contributed by atoms with van der Waals surface area (Å²) in [5.74, 6) is 7.25. The normalized spacial score (nSPS) is 50.2. The first-order chi connectivity index (χ1) is 14.7. The first kappa shape index (κ1) is 20.4. The number of Topliss-reactive ketones (excluding diaryl/α,β-unsaturated/α-hetero) is 1. The third-order valence-electron chi connectivity index (χ3n) is 10.5. The molecule has 0 spiro atoms. The Kier molecular flexibility index (Phi) is 4.56. The summed E-state index contributed by atoms with van der Waals surface area (Å²) >= 11 is 0. The van der Waals surface area contributed by atoms with Crippen molar-refractivity contribution >= 4 is 5.78 Å². The molecule has 1 aromatic heterocycles. The van der Waals surface area contributed by atoms with Crippen molar-refractivity contribution in [2.75, 3.05) is 0 Å². The van der Waals surface area contributed by atoms with E-state index < -0.39 is 5.60 Å². The van der Waals surface area contributed by atoms with Crippen LogP contribution >= 0.6 is 0 Å². The van der Waals surface area contributed by atoms with E-state index >= 15 is 0 Å². The smallest absolute Gasteiger partial charge is 0.154 e. The van der Waals surface area contributed by atoms with Crippen LogP contribution in [-0.4, -0.2) is 26.3 Å². The van der Waals surface area contributed by atoms with Crippen LogP contribution in [-0.2, 0) is 11.3 Å². The summed E-state index contributed by atoms with van der Waals surface area (Å²) in [7, 11) is 0. The van der Waals surface area contributed by atoms with E-state index in [1.807, 2.05) is 24.0 Å². The van der Waals surface area contributed by atoms with Gasteiger partial charge in [0.05, 0.1) is 18.3 Å². The van der Waals surface area contributed by atoms with Crippen molar-refractivity contribution in [3.8, 4) is 0 Å². The maximum absolute atomic E-state index is 13.1. The lowest BCUT2D eigenvalue weighted by Gasteiger charge is -2.58. The van der Waals surface area contributed by atoms with Crippen molar-refractivity contribution in [3.63, 3.8) is 0 Å². The van der Waals surface area contributed by atoms with Crippen molar-refractivity contribution in [2.24, 2.45) is 52.8 Å². The molecule has 1 heterocycles. The molecule has 0 saturated heterocycles. The van der Waals surface area contributed by atoms with Gasteiger partial charge in [-0.3, -0.25) is 9.48 Å². The van der Waals surface area contributed by atoms with Gasteiger partial charge in [0.2, 0.25) is 0 Å². The highest BCUT2D eigenvalue weighted by Crippen LogP contribution is 2.77. The number of carbonyl (C=O) groups excluding carboxylic acids is 1. The lowest BCUT2D eigenvalue weighted by molar-refractivity contribution is -0.132. The molecule has 4 heteroatoms. The number of ketones is 1. The third-order valence-corrected chi connectivity index (χ3v) is 10.5. The Bertz CT molecular complexity index is 866. The Morgan fingerprint density at radius 1 is 1.10 bits per heavy atom. The summed E-state index contributed by atoms with van der Waals surface area (Å²) in [5, 5.41) is 15.0. The van der Waals surface area contributed by atoms with Gasteiger partial charge in [-0.1, -0.05) is 6.92 Å². The number of aliphatic hydroxyl groups is 1. The van der Waals surface area contributed by atoms with Crippen LogP contribution in [0.4, 0.5) is 0 Å². The van der Waals surface area contributed by atoms with E-state index in [1.165, 1.54) is 38.5 Å². The van der Waals surface area contributed by atoms with Crippen molar-refractivity contribution in [3.05, 3.63) is 18.0 Å². The summed E-state index contributed by atoms with van der Waals surface area (Å²) in [6.45, 7) is 6.99. The van der Waals surface area contributed by atoms with Crippen molar-refractivity contribution in [2.45, 2.75) is 90.7 Å². The van der Waals surface area contributed by atoms with E-state index in [-0.39, 0.29) is 5.41 Å². The van der Waals surface area contributed by atoms with Crippen LogP contribution in [0.1, 0.15) is 77.2 Å². The zero-order valence-corrected chi connectivity index (χ0v) is 19.6. The van der Waals surface area contributed by atoms with Crippen molar-refractivity contribution in [1.82, 2.24) is 9.78 Å². The molecule has 4 nitrogen and oxygen atoms in total. The van der Waals surface area contributed by atoms with Gasteiger partial charge in [0.15, 0.2) is 5.78 Å². The van der Waals surface area contributed by atoms with E-state index in [2.05, 4.69) is 18.9 Å². The van der Waals surface area contributed by atoms with Gasteiger partial charge in [0, 0.05) is 12.6 Å². The van der Waals surface area contributed by atoms with Gasteiger partial charge in [-0.15, -0.1) is 0 Å². The highest BCUT2D eigenvalue weighted by atomic mass is 16.3. The Labute approximate surface area is 187 Å². The van der Waals surface area contributed by atoms with Gasteiger partial charge in [0.1, 0.15) is 0 Å². The number of hydrogen-bond acceptors (Lipinski definition) is 3. The van der Waals surface area contributed by atoms with Gasteiger partial charge in [0.25, 0.3) is 0 Å². The number of fused-ring (bicyclic) bond motifs is 4. The molecule has 0 aromatic carbocycles. The zero-order chi connectivity index (χ0) is 21.5. The first-order valence-electron chi connectivity index (χ1n) is 13.0. The van der Waals surface area contributed by atoms with Crippen molar-refractivity contribution < 1.29 is 9.90 Å². The number of nitrogens with zero attached hydrogens (tertiary/aromatic N) is 2. The van der Waals surface area contributed by atoms with Crippen LogP contribution in [0, 0.1) is 59.7 Å². The second-order valence-corrected chi connectivity index (χ2v) is 12.9. The van der Waals surface area contributed by atoms with Gasteiger partial charge in [-0.25, -0.2) is 0 Å². The van der Waals surface area contributed by atoms with Crippen LogP contribution in [0.2, 0.25) is 0 Å². The quantitative estimate of drug-likeness (QED) is 0.721. The standard InChI is InChI=1S/C27H40N2O2/c1-16-13-28-29(14-16)15-18(30)12-26(2)8-6-20-19-7-9-27(3,31)11-17(19)4-5-21(20)25(26)24-22-10-23(22)24/h13-14,17,19-25,31H,4-12,15H2,1-3H3/t17-,19+,20-,21-,22+,23?,24+,25-,26-,27-/m1/s1. The van der Waals surface area contributed by atoms with Crippen LogP contribution < -0.4 is 0 Å². The molecule has 1 aromatic rings. The van der Waals surface area contributed by atoms with Gasteiger partial charge in [-0.2, -0.15) is 5.10 Å². The highest BCUT2D eigenvalue weighted by Gasteiger charge is 2.71. The summed E-state index contributed by atoms with van der Waals surface area (Å²) in [6.07, 6.45) is 14.4. The summed E-state index contributed by atoms with van der Waals surface area (Å²) in [5.41, 5.74) is 0.857. The average molecular weight is 425 g/mol. The molecule has 170 valence electrons. The molecule has 0 radical (unpaired) electrons. The highest BCUT2D eigenvalue weighted by molar-refractivity contribution is 5.79. The minimum absolute atomic E-state index is 0.172. The minimum atomic E-state index is -0.439. The number of hydrogen-bond donors (Lipinski definition) is 1. The first-order valence-corrected chi connectivity index (χ1v) is 13.0. The van der Waals surface area contributed by atoms with E-state index in [1.54, 1.807) is 0 Å². The van der Waals surface area contributed by atoms with Crippen LogP contribution in [0.3, 0.4) is 0 Å². The number of aryl methyl sites for hydroxylation is 1. The van der Waals surface area contributed by atoms with E-state index in [4.69, 9.17) is 0 Å². The van der Waals surface area contributed by atoms with Crippen LogP contribution in [0.5, 0.6) is 0 Å². The van der Waals surface area contributed by atoms with E-state index in [0.717, 1.165) is 72.2 Å². The van der Waals surface area contributed by atoms with Crippen LogP contribution in [0.25, 0.3) is 0 Å². The number of carbonyl (C=O) groups is 1. The van der Waals surface area contributed by atoms with Gasteiger partial charge in [-0.05, 0) is 124 Å². The predicted octanol–water partition coefficient (Wildman–Crippen LogP) is 5.03. The topological polar surface area (TPSA) is 55.1 Å². The molecule has 5 saturated carbocycles. The Balaban J connectivity index is 1.21. The summed E-state index contributed by atoms with van der Waals surface area (Å²) < 4.78 is 1.83. The van der Waals surface area contributed by atoms with Gasteiger partial charge < -0.3 is 5.11 Å². The second kappa shape index (κ2) is 6.92. The molecule has 1 unspecified atom stereocenters. The molecule has 0 aliphatic heterocycles. The summed E-state index contributed by atoms with van der Waals surface area (Å²) in [6, 6.07) is 0. The fourth-order valence-corrected chi connectivity index (χ4v) is 8.96. The van der Waals surface area contributed by atoms with Crippen LogP contribution in [0.15, 0.2) is 12.4 Å². The number of rotatable bonds is 5. The summed E-state index contributed by atoms with van der Waals surface area (Å²) in [4.78, 5) is 13.1. The van der Waals surface area contributed by atoms with Gasteiger partial charge >= 0.3 is 0 Å². The lowest BCUT2D eigenvalue weighted by atomic mass is 9.47. The molecule has 10 atom stereocenters. The van der Waals surface area contributed by atoms with Crippen molar-refractivity contribution in [1.29, 1.82) is 0 Å². The zero-order valence-electron chi connectivity index (χ0n) is 19.6. The Morgan fingerprint density at radius 3 is 2.55 bits per heavy atom. The predicted molar refractivity (Wildman–Crippen MR) is 120 cm³/mol. The molecule has 5 aliphatic carbocycles. The number of aromatic nitrogens is 2. The molecule has 0 bridgehead atoms. The molecule has 5 fully saturated rings. The molecular formula is C27H40N2O2. The average Bonchev–Trinajstić information content (AvgIpc) is 3.57. The van der Waals surface area contributed by atoms with E-state index in [9.17, 15) is 9.90 Å². The molecule has 6 rings (SSSR count). The monoisotopic (exact) mass is 424 g/mol. The maximum Gasteiger partial charge on any atom is 0.154 e. The van der Waals surface area contributed by atoms with E-state index in [0.29, 0.717) is 12.3 Å². The largest absolute Gasteiger partial charge is 0.390 e. The fraction of sp³-hybridized carbons (Fsp3) is 0.852. The third kappa shape index (κ3) is 3.52.